The fourth-order valence-electron chi connectivity index (χ4n) is 8.38. The van der Waals surface area contributed by atoms with E-state index in [4.69, 9.17) is 23.7 Å². The first-order valence-corrected chi connectivity index (χ1v) is 16.2. The molecule has 2 aromatic heterocycles. The van der Waals surface area contributed by atoms with E-state index in [1.807, 2.05) is 34.7 Å². The number of hydrogen-bond acceptors (Lipinski definition) is 5. The van der Waals surface area contributed by atoms with Crippen LogP contribution in [0, 0.1) is 17.8 Å². The molecule has 3 saturated carbocycles. The van der Waals surface area contributed by atoms with Gasteiger partial charge in [-0.1, -0.05) is 18.2 Å². The minimum absolute atomic E-state index is 0.0286. The van der Waals surface area contributed by atoms with Gasteiger partial charge in [0.25, 0.3) is 5.91 Å². The van der Waals surface area contributed by atoms with Gasteiger partial charge in [0.15, 0.2) is 5.82 Å². The van der Waals surface area contributed by atoms with Gasteiger partial charge in [-0.2, -0.15) is 0 Å². The molecule has 1 aliphatic heterocycles. The molecule has 0 unspecified atom stereocenters. The molecule has 9 heteroatoms. The second-order valence-corrected chi connectivity index (χ2v) is 13.8. The molecule has 4 fully saturated rings. The zero-order valence-corrected chi connectivity index (χ0v) is 25.8. The summed E-state index contributed by atoms with van der Waals surface area (Å²) in [5.74, 6) is 1.39. The van der Waals surface area contributed by atoms with Gasteiger partial charge in [0.05, 0.1) is 23.8 Å². The van der Waals surface area contributed by atoms with Crippen molar-refractivity contribution in [3.8, 4) is 17.3 Å². The summed E-state index contributed by atoms with van der Waals surface area (Å²) in [5.41, 5.74) is 11.7. The number of aromatic nitrogens is 3. The highest BCUT2D eigenvalue weighted by Gasteiger charge is 2.47. The Kier molecular flexibility index (Phi) is 5.34. The van der Waals surface area contributed by atoms with Crippen LogP contribution in [0.5, 0.6) is 5.75 Å². The first-order chi connectivity index (χ1) is 24.1. The number of likely N-dealkylation sites (tertiary alicyclic amines) is 1. The number of hydrogen-bond donors (Lipinski definition) is 1. The summed E-state index contributed by atoms with van der Waals surface area (Å²) in [6, 6.07) is 12.2. The summed E-state index contributed by atoms with van der Waals surface area (Å²) in [4.78, 5) is 33.9. The Morgan fingerprint density at radius 3 is 2.60 bits per heavy atom. The zero-order valence-electron chi connectivity index (χ0n) is 31.8. The van der Waals surface area contributed by atoms with Crippen LogP contribution in [0.15, 0.2) is 36.4 Å². The molecule has 236 valence electrons. The monoisotopic (exact) mass is 614 g/mol. The number of piperidine rings is 1. The third kappa shape index (κ3) is 4.65. The number of methoxy groups -OCH3 is 1. The Balaban J connectivity index is 1.12. The number of benzene rings is 2. The van der Waals surface area contributed by atoms with Gasteiger partial charge in [0.1, 0.15) is 11.3 Å². The first-order valence-electron chi connectivity index (χ1n) is 19.2. The number of carbonyl (C=O) groups is 2. The predicted octanol–water partition coefficient (Wildman–Crippen LogP) is 5.15. The molecule has 1 saturated heterocycles. The van der Waals surface area contributed by atoms with Gasteiger partial charge < -0.3 is 29.4 Å². The first kappa shape index (κ1) is 22.6. The van der Waals surface area contributed by atoms with E-state index in [9.17, 15) is 9.59 Å². The Bertz CT molecular complexity index is 2030. The number of carbonyl (C=O) groups excluding carboxylic acids is 2. The number of nitrogens with zero attached hydrogens (tertiary/aromatic N) is 5. The smallest absolute Gasteiger partial charge is 0.254 e. The van der Waals surface area contributed by atoms with Crippen molar-refractivity contribution in [3.05, 3.63) is 47.5 Å². The standard InChI is InChI=1S/C36H44N6O3/c1-39(2)31(43)14-21-12-24(13-21)26-7-5-6-22-16-29(41(33(22)26)18-20-8-9-20)35-38-27-15-25(17-30(45-4)34(27)40(35)3)36(44)42-19-23-10-11-28(42)32(23)37/h5-7,15-17,20-21,23-24,28,32H,8-14,18-19,37H2,1-4H3/t21?,23-,24?,28-,32-/m1/s1/i1D3,2D3. The summed E-state index contributed by atoms with van der Waals surface area (Å²) >= 11 is 0. The van der Waals surface area contributed by atoms with E-state index in [1.165, 1.54) is 0 Å². The lowest BCUT2D eigenvalue weighted by molar-refractivity contribution is -0.130. The summed E-state index contributed by atoms with van der Waals surface area (Å²) in [6.45, 7) is -4.55. The Morgan fingerprint density at radius 2 is 1.91 bits per heavy atom. The molecule has 2 bridgehead atoms. The van der Waals surface area contributed by atoms with Crippen LogP contribution < -0.4 is 10.5 Å². The largest absolute Gasteiger partial charge is 0.494 e. The summed E-state index contributed by atoms with van der Waals surface area (Å²) in [5, 5.41) is 1.08. The van der Waals surface area contributed by atoms with Crippen molar-refractivity contribution in [1.29, 1.82) is 0 Å². The van der Waals surface area contributed by atoms with Gasteiger partial charge in [-0.05, 0) is 86.0 Å². The van der Waals surface area contributed by atoms with Crippen molar-refractivity contribution in [3.63, 3.8) is 0 Å². The highest BCUT2D eigenvalue weighted by atomic mass is 16.5. The van der Waals surface area contributed by atoms with Crippen LogP contribution in [0.25, 0.3) is 33.5 Å². The van der Waals surface area contributed by atoms with Crippen molar-refractivity contribution in [2.24, 2.45) is 30.5 Å². The molecule has 2 amide bonds. The van der Waals surface area contributed by atoms with E-state index in [-0.39, 0.29) is 41.1 Å². The van der Waals surface area contributed by atoms with E-state index in [0.29, 0.717) is 48.1 Å². The molecule has 3 aliphatic carbocycles. The van der Waals surface area contributed by atoms with E-state index in [2.05, 4.69) is 22.8 Å². The van der Waals surface area contributed by atoms with Gasteiger partial charge in [0, 0.05) is 71.8 Å². The van der Waals surface area contributed by atoms with E-state index in [0.717, 1.165) is 65.7 Å². The molecular weight excluding hydrogens is 564 g/mol. The van der Waals surface area contributed by atoms with Crippen LogP contribution in [0.4, 0.5) is 0 Å². The van der Waals surface area contributed by atoms with E-state index >= 15 is 0 Å². The second-order valence-electron chi connectivity index (χ2n) is 13.8. The van der Waals surface area contributed by atoms with Crippen LogP contribution in [-0.4, -0.2) is 75.4 Å². The maximum absolute atomic E-state index is 13.8. The molecule has 45 heavy (non-hydrogen) atoms. The quantitative estimate of drug-likeness (QED) is 0.296. The second kappa shape index (κ2) is 10.6. The van der Waals surface area contributed by atoms with Crippen molar-refractivity contribution >= 4 is 33.8 Å². The normalized spacial score (nSPS) is 28.2. The number of rotatable bonds is 8. The average molecular weight is 615 g/mol. The molecule has 2 N–H and O–H groups in total. The third-order valence-electron chi connectivity index (χ3n) is 11.0. The van der Waals surface area contributed by atoms with Crippen molar-refractivity contribution in [2.75, 3.05) is 27.6 Å². The van der Waals surface area contributed by atoms with Crippen molar-refractivity contribution in [2.45, 2.75) is 69.5 Å². The van der Waals surface area contributed by atoms with Crippen LogP contribution >= 0.6 is 0 Å². The molecule has 0 spiro atoms. The zero-order chi connectivity index (χ0) is 36.1. The summed E-state index contributed by atoms with van der Waals surface area (Å²) < 4.78 is 56.0. The molecule has 2 aromatic carbocycles. The Hall–Kier alpha value is -3.85. The maximum atomic E-state index is 13.8. The molecule has 4 aromatic rings. The fraction of sp³-hybridized carbons (Fsp3) is 0.528. The van der Waals surface area contributed by atoms with E-state index < -0.39 is 19.9 Å². The Labute approximate surface area is 272 Å². The lowest BCUT2D eigenvalue weighted by atomic mass is 9.69. The lowest BCUT2D eigenvalue weighted by Crippen LogP contribution is -2.41. The number of nitrogens with two attached hydrogens (primary N) is 1. The fourth-order valence-corrected chi connectivity index (χ4v) is 8.38. The van der Waals surface area contributed by atoms with Crippen LogP contribution in [-0.2, 0) is 18.4 Å². The highest BCUT2D eigenvalue weighted by Crippen LogP contribution is 2.47. The number of ether oxygens (including phenoxy) is 1. The number of aryl methyl sites for hydroxylation is 1. The molecule has 3 heterocycles. The number of amides is 2. The molecular formula is C36H44N6O3. The maximum Gasteiger partial charge on any atom is 0.254 e. The van der Waals surface area contributed by atoms with Crippen LogP contribution in [0.2, 0.25) is 0 Å². The molecule has 8 rings (SSSR count). The topological polar surface area (TPSA) is 98.6 Å². The SMILES string of the molecule is [2H]C([2H])([2H])N(C(=O)CC1CC(c2cccc3cc(-c4nc5cc(C(=O)N6C[C@H]7CC[C@@H]6[C@@H]7N)cc(OC)c5n4C)n(CC4CC4)c23)C1)C([2H])([2H])[2H]. The van der Waals surface area contributed by atoms with Gasteiger partial charge in [-0.3, -0.25) is 9.59 Å². The lowest BCUT2D eigenvalue weighted by Gasteiger charge is -2.36. The van der Waals surface area contributed by atoms with Crippen molar-refractivity contribution in [1.82, 2.24) is 23.9 Å². The average Bonchev–Trinajstić information content (AvgIpc) is 3.42. The van der Waals surface area contributed by atoms with Gasteiger partial charge in [0.2, 0.25) is 5.91 Å². The number of fused-ring (bicyclic) bond motifs is 4. The third-order valence-corrected chi connectivity index (χ3v) is 11.0. The molecule has 0 radical (unpaired) electrons. The van der Waals surface area contributed by atoms with Gasteiger partial charge in [-0.15, -0.1) is 0 Å². The van der Waals surface area contributed by atoms with Crippen LogP contribution in [0.1, 0.15) is 75.0 Å². The molecule has 4 aliphatic rings. The minimum Gasteiger partial charge on any atom is -0.494 e. The molecule has 3 atom stereocenters. The Morgan fingerprint density at radius 1 is 1.09 bits per heavy atom. The predicted molar refractivity (Wildman–Crippen MR) is 175 cm³/mol. The van der Waals surface area contributed by atoms with Gasteiger partial charge >= 0.3 is 0 Å². The van der Waals surface area contributed by atoms with E-state index in [1.54, 1.807) is 7.11 Å². The summed E-state index contributed by atoms with van der Waals surface area (Å²) in [7, 11) is 3.59. The van der Waals surface area contributed by atoms with Crippen LogP contribution in [0.3, 0.4) is 0 Å². The highest BCUT2D eigenvalue weighted by molar-refractivity contribution is 6.00. The summed E-state index contributed by atoms with van der Waals surface area (Å²) in [6.07, 6.45) is 5.52. The minimum atomic E-state index is -3.03. The van der Waals surface area contributed by atoms with Gasteiger partial charge in [-0.25, -0.2) is 4.98 Å². The van der Waals surface area contributed by atoms with Crippen molar-refractivity contribution < 1.29 is 22.6 Å². The molecule has 9 nitrogen and oxygen atoms in total. The number of para-hydroxylation sites is 1. The number of imidazole rings is 1.